The first-order valence-corrected chi connectivity index (χ1v) is 9.08. The Hall–Kier alpha value is -3.42. The van der Waals surface area contributed by atoms with Crippen LogP contribution in [0.1, 0.15) is 16.3 Å². The molecule has 0 spiro atoms. The molecule has 2 aromatic heterocycles. The van der Waals surface area contributed by atoms with Crippen LogP contribution in [-0.4, -0.2) is 52.8 Å². The van der Waals surface area contributed by atoms with E-state index in [9.17, 15) is 4.79 Å². The zero-order chi connectivity index (χ0) is 20.1. The first-order chi connectivity index (χ1) is 13.4. The number of carbonyl (C=O) groups excluding carboxylic acids is 1. The van der Waals surface area contributed by atoms with Crippen LogP contribution in [0.3, 0.4) is 0 Å². The fraction of sp³-hybridized carbons (Fsp3) is 0.300. The van der Waals surface area contributed by atoms with Crippen LogP contribution in [0.25, 0.3) is 11.3 Å². The molecular formula is C20H25N7O. The predicted molar refractivity (Wildman–Crippen MR) is 111 cm³/mol. The Labute approximate surface area is 164 Å². The highest BCUT2D eigenvalue weighted by Gasteiger charge is 2.13. The molecule has 2 heterocycles. The van der Waals surface area contributed by atoms with Crippen LogP contribution in [0.2, 0.25) is 0 Å². The minimum atomic E-state index is -0.160. The summed E-state index contributed by atoms with van der Waals surface area (Å²) in [4.78, 5) is 23.1. The average Bonchev–Trinajstić information content (AvgIpc) is 3.07. The summed E-state index contributed by atoms with van der Waals surface area (Å²) in [6.45, 7) is 2.87. The predicted octanol–water partition coefficient (Wildman–Crippen LogP) is 2.09. The molecule has 0 bridgehead atoms. The van der Waals surface area contributed by atoms with Crippen LogP contribution < -0.4 is 15.5 Å². The molecule has 1 aromatic carbocycles. The van der Waals surface area contributed by atoms with Gasteiger partial charge >= 0.3 is 0 Å². The Bertz CT molecular complexity index is 950. The number of benzene rings is 1. The number of anilines is 2. The van der Waals surface area contributed by atoms with Gasteiger partial charge in [0.25, 0.3) is 5.91 Å². The van der Waals surface area contributed by atoms with Gasteiger partial charge in [0.05, 0.1) is 5.69 Å². The van der Waals surface area contributed by atoms with Crippen LogP contribution in [0.4, 0.5) is 11.6 Å². The second-order valence-electron chi connectivity index (χ2n) is 6.64. The molecule has 1 amide bonds. The van der Waals surface area contributed by atoms with E-state index in [1.165, 1.54) is 0 Å². The molecule has 0 aliphatic heterocycles. The topological polar surface area (TPSA) is 88.0 Å². The maximum absolute atomic E-state index is 12.5. The minimum absolute atomic E-state index is 0.160. The van der Waals surface area contributed by atoms with Crippen molar-refractivity contribution in [1.82, 2.24) is 25.1 Å². The molecule has 0 aliphatic rings. The van der Waals surface area contributed by atoms with Gasteiger partial charge in [-0.25, -0.2) is 9.97 Å². The summed E-state index contributed by atoms with van der Waals surface area (Å²) < 4.78 is 1.60. The lowest BCUT2D eigenvalue weighted by atomic mass is 10.1. The summed E-state index contributed by atoms with van der Waals surface area (Å²) in [6, 6.07) is 13.5. The van der Waals surface area contributed by atoms with Crippen LogP contribution in [-0.2, 0) is 7.05 Å². The number of nitrogens with zero attached hydrogens (tertiary/aromatic N) is 5. The van der Waals surface area contributed by atoms with E-state index in [1.807, 2.05) is 62.3 Å². The number of rotatable bonds is 7. The molecule has 0 saturated carbocycles. The van der Waals surface area contributed by atoms with Crippen LogP contribution in [0.15, 0.2) is 42.5 Å². The minimum Gasteiger partial charge on any atom is -0.368 e. The van der Waals surface area contributed by atoms with Gasteiger partial charge in [-0.05, 0) is 13.0 Å². The van der Waals surface area contributed by atoms with Gasteiger partial charge in [0.2, 0.25) is 0 Å². The van der Waals surface area contributed by atoms with Crippen molar-refractivity contribution < 1.29 is 4.79 Å². The van der Waals surface area contributed by atoms with Crippen molar-refractivity contribution in [2.75, 3.05) is 37.4 Å². The fourth-order valence-corrected chi connectivity index (χ4v) is 2.76. The third-order valence-corrected chi connectivity index (χ3v) is 4.18. The van der Waals surface area contributed by atoms with E-state index in [0.29, 0.717) is 24.6 Å². The third-order valence-electron chi connectivity index (χ3n) is 4.18. The number of hydrogen-bond acceptors (Lipinski definition) is 6. The fourth-order valence-electron chi connectivity index (χ4n) is 2.76. The molecule has 3 rings (SSSR count). The number of carbonyl (C=O) groups is 1. The quantitative estimate of drug-likeness (QED) is 0.611. The smallest absolute Gasteiger partial charge is 0.269 e. The molecule has 146 valence electrons. The van der Waals surface area contributed by atoms with Crippen molar-refractivity contribution in [1.29, 1.82) is 0 Å². The van der Waals surface area contributed by atoms with Crippen LogP contribution >= 0.6 is 0 Å². The van der Waals surface area contributed by atoms with Crippen molar-refractivity contribution in [3.05, 3.63) is 54.0 Å². The van der Waals surface area contributed by atoms with E-state index >= 15 is 0 Å². The standard InChI is InChI=1S/C20H25N7O/c1-14-23-18(13-19(24-14)26(2)3)21-10-11-22-20(28)17-12-16(25-27(17)4)15-8-6-5-7-9-15/h5-9,12-13H,10-11H2,1-4H3,(H,22,28)(H,21,23,24). The Kier molecular flexibility index (Phi) is 5.88. The first kappa shape index (κ1) is 19.3. The van der Waals surface area contributed by atoms with E-state index in [1.54, 1.807) is 17.8 Å². The molecule has 8 nitrogen and oxygen atoms in total. The second kappa shape index (κ2) is 8.51. The number of aromatic nitrogens is 4. The van der Waals surface area contributed by atoms with Gasteiger partial charge in [0.15, 0.2) is 0 Å². The van der Waals surface area contributed by atoms with E-state index in [-0.39, 0.29) is 5.91 Å². The summed E-state index contributed by atoms with van der Waals surface area (Å²) in [7, 11) is 5.64. The lowest BCUT2D eigenvalue weighted by Crippen LogP contribution is -2.30. The van der Waals surface area contributed by atoms with Gasteiger partial charge in [-0.15, -0.1) is 0 Å². The summed E-state index contributed by atoms with van der Waals surface area (Å²) in [5, 5.41) is 10.6. The lowest BCUT2D eigenvalue weighted by Gasteiger charge is -2.14. The summed E-state index contributed by atoms with van der Waals surface area (Å²) in [6.07, 6.45) is 0. The maximum Gasteiger partial charge on any atom is 0.269 e. The lowest BCUT2D eigenvalue weighted by molar-refractivity contribution is 0.0946. The molecule has 0 aliphatic carbocycles. The highest BCUT2D eigenvalue weighted by Crippen LogP contribution is 2.18. The molecular weight excluding hydrogens is 354 g/mol. The van der Waals surface area contributed by atoms with Crippen LogP contribution in [0, 0.1) is 6.92 Å². The van der Waals surface area contributed by atoms with Gasteiger partial charge in [-0.3, -0.25) is 9.48 Å². The number of nitrogens with one attached hydrogen (secondary N) is 2. The normalized spacial score (nSPS) is 10.6. The zero-order valence-corrected chi connectivity index (χ0v) is 16.6. The van der Waals surface area contributed by atoms with Crippen molar-refractivity contribution >= 4 is 17.5 Å². The van der Waals surface area contributed by atoms with E-state index in [2.05, 4.69) is 25.7 Å². The molecule has 0 saturated heterocycles. The first-order valence-electron chi connectivity index (χ1n) is 9.08. The average molecular weight is 379 g/mol. The molecule has 2 N–H and O–H groups in total. The maximum atomic E-state index is 12.5. The molecule has 0 atom stereocenters. The highest BCUT2D eigenvalue weighted by atomic mass is 16.2. The zero-order valence-electron chi connectivity index (χ0n) is 16.6. The van der Waals surface area contributed by atoms with Crippen LogP contribution in [0.5, 0.6) is 0 Å². The number of aryl methyl sites for hydroxylation is 2. The SMILES string of the molecule is Cc1nc(NCCNC(=O)c2cc(-c3ccccc3)nn2C)cc(N(C)C)n1. The number of amides is 1. The molecule has 28 heavy (non-hydrogen) atoms. The second-order valence-corrected chi connectivity index (χ2v) is 6.64. The van der Waals surface area contributed by atoms with Gasteiger partial charge < -0.3 is 15.5 Å². The van der Waals surface area contributed by atoms with E-state index in [4.69, 9.17) is 0 Å². The summed E-state index contributed by atoms with van der Waals surface area (Å²) in [5.41, 5.74) is 2.28. The van der Waals surface area contributed by atoms with E-state index in [0.717, 1.165) is 22.9 Å². The Morgan fingerprint density at radius 2 is 1.86 bits per heavy atom. The molecule has 8 heteroatoms. The monoisotopic (exact) mass is 379 g/mol. The largest absolute Gasteiger partial charge is 0.368 e. The molecule has 0 unspecified atom stereocenters. The van der Waals surface area contributed by atoms with Crippen molar-refractivity contribution in [2.45, 2.75) is 6.92 Å². The molecule has 0 radical (unpaired) electrons. The van der Waals surface area contributed by atoms with Gasteiger partial charge in [-0.2, -0.15) is 5.10 Å². The number of hydrogen-bond donors (Lipinski definition) is 2. The Balaban J connectivity index is 1.56. The van der Waals surface area contributed by atoms with E-state index < -0.39 is 0 Å². The van der Waals surface area contributed by atoms with Gasteiger partial charge in [-0.1, -0.05) is 30.3 Å². The highest BCUT2D eigenvalue weighted by molar-refractivity contribution is 5.93. The van der Waals surface area contributed by atoms with Crippen molar-refractivity contribution in [3.63, 3.8) is 0 Å². The van der Waals surface area contributed by atoms with Gasteiger partial charge in [0.1, 0.15) is 23.2 Å². The summed E-state index contributed by atoms with van der Waals surface area (Å²) in [5.74, 6) is 2.10. The van der Waals surface area contributed by atoms with Crippen molar-refractivity contribution in [2.24, 2.45) is 7.05 Å². The Morgan fingerprint density at radius 1 is 1.11 bits per heavy atom. The molecule has 0 fully saturated rings. The summed E-state index contributed by atoms with van der Waals surface area (Å²) >= 11 is 0. The van der Waals surface area contributed by atoms with Crippen molar-refractivity contribution in [3.8, 4) is 11.3 Å². The Morgan fingerprint density at radius 3 is 2.57 bits per heavy atom. The third kappa shape index (κ3) is 4.64. The van der Waals surface area contributed by atoms with Gasteiger partial charge in [0, 0.05) is 45.9 Å². The molecule has 3 aromatic rings.